The van der Waals surface area contributed by atoms with Gasteiger partial charge in [-0.15, -0.1) is 0 Å². The van der Waals surface area contributed by atoms with Crippen LogP contribution in [0.5, 0.6) is 0 Å². The molecule has 2 amide bonds. The first-order chi connectivity index (χ1) is 18.9. The smallest absolute Gasteiger partial charge is 0.309 e. The number of benzene rings is 2. The number of halogens is 2. The molecule has 5 N–H and O–H groups in total. The van der Waals surface area contributed by atoms with E-state index in [-0.39, 0.29) is 11.1 Å². The second-order valence-electron chi connectivity index (χ2n) is 8.76. The normalized spacial score (nSPS) is 14.3. The molecule has 0 saturated carbocycles. The summed E-state index contributed by atoms with van der Waals surface area (Å²) < 4.78 is 57.3. The number of rotatable bonds is 12. The van der Waals surface area contributed by atoms with Crippen LogP contribution in [0.2, 0.25) is 0 Å². The molecule has 1 heterocycles. The quantitative estimate of drug-likeness (QED) is 0.209. The molecule has 0 fully saturated rings. The highest BCUT2D eigenvalue weighted by molar-refractivity contribution is 7.91. The van der Waals surface area contributed by atoms with Gasteiger partial charge in [-0.3, -0.25) is 9.59 Å². The van der Waals surface area contributed by atoms with Gasteiger partial charge in [0, 0.05) is 11.6 Å². The number of oxazole rings is 1. The van der Waals surface area contributed by atoms with Crippen molar-refractivity contribution >= 4 is 27.9 Å². The first kappa shape index (κ1) is 30.2. The van der Waals surface area contributed by atoms with Crippen LogP contribution in [0.25, 0.3) is 0 Å². The van der Waals surface area contributed by atoms with E-state index in [0.29, 0.717) is 6.07 Å². The van der Waals surface area contributed by atoms with Crippen molar-refractivity contribution < 1.29 is 41.4 Å². The average Bonchev–Trinajstić information content (AvgIpc) is 3.34. The van der Waals surface area contributed by atoms with Crippen molar-refractivity contribution in [3.05, 3.63) is 83.2 Å². The fourth-order valence-corrected chi connectivity index (χ4v) is 4.15. The van der Waals surface area contributed by atoms with E-state index in [1.165, 1.54) is 12.1 Å². The molecule has 0 bridgehead atoms. The highest BCUT2D eigenvalue weighted by atomic mass is 32.2. The number of hydrogen-bond donors (Lipinski definition) is 5. The van der Waals surface area contributed by atoms with E-state index in [4.69, 9.17) is 4.42 Å². The van der Waals surface area contributed by atoms with Crippen LogP contribution in [0, 0.1) is 23.0 Å². The van der Waals surface area contributed by atoms with E-state index < -0.39 is 82.3 Å². The van der Waals surface area contributed by atoms with Gasteiger partial charge in [0.25, 0.3) is 11.8 Å². The SMILES string of the molecule is CS(=O)(=O)Nc1nc(C(=O)NC(Cc2cc(F)cc(F)c2)C(O)C(O)C(CC#N)NC(=O)c2ccccc2)co1. The van der Waals surface area contributed by atoms with Crippen molar-refractivity contribution in [1.29, 1.82) is 5.26 Å². The molecule has 4 unspecified atom stereocenters. The van der Waals surface area contributed by atoms with Gasteiger partial charge in [-0.05, 0) is 36.2 Å². The lowest BCUT2D eigenvalue weighted by Crippen LogP contribution is -2.56. The molecule has 2 aromatic carbocycles. The third-order valence-corrected chi connectivity index (χ3v) is 6.09. The van der Waals surface area contributed by atoms with Gasteiger partial charge in [0.1, 0.15) is 30.1 Å². The lowest BCUT2D eigenvalue weighted by atomic mass is 9.92. The Kier molecular flexibility index (Phi) is 9.88. The Hall–Kier alpha value is -4.39. The molecule has 212 valence electrons. The van der Waals surface area contributed by atoms with Crippen molar-refractivity contribution in [2.75, 3.05) is 11.0 Å². The zero-order valence-electron chi connectivity index (χ0n) is 20.9. The van der Waals surface area contributed by atoms with Crippen molar-refractivity contribution in [1.82, 2.24) is 15.6 Å². The van der Waals surface area contributed by atoms with Gasteiger partial charge in [-0.25, -0.2) is 21.9 Å². The summed E-state index contributed by atoms with van der Waals surface area (Å²) in [5, 5.41) is 36.1. The summed E-state index contributed by atoms with van der Waals surface area (Å²) >= 11 is 0. The van der Waals surface area contributed by atoms with Gasteiger partial charge in [0.15, 0.2) is 5.69 Å². The maximum absolute atomic E-state index is 13.8. The van der Waals surface area contributed by atoms with Gasteiger partial charge < -0.3 is 25.3 Å². The Balaban J connectivity index is 1.86. The van der Waals surface area contributed by atoms with Crippen molar-refractivity contribution in [3.8, 4) is 6.07 Å². The zero-order chi connectivity index (χ0) is 29.4. The van der Waals surface area contributed by atoms with E-state index >= 15 is 0 Å². The number of carbonyl (C=O) groups excluding carboxylic acids is 2. The van der Waals surface area contributed by atoms with Crippen molar-refractivity contribution in [3.63, 3.8) is 0 Å². The first-order valence-corrected chi connectivity index (χ1v) is 13.5. The summed E-state index contributed by atoms with van der Waals surface area (Å²) in [7, 11) is -3.77. The van der Waals surface area contributed by atoms with Crippen molar-refractivity contribution in [2.24, 2.45) is 0 Å². The molecule has 3 aromatic rings. The largest absolute Gasteiger partial charge is 0.431 e. The number of aliphatic hydroxyl groups is 2. The second kappa shape index (κ2) is 13.1. The Bertz CT molecular complexity index is 1470. The minimum Gasteiger partial charge on any atom is -0.431 e. The number of hydrogen-bond acceptors (Lipinski definition) is 9. The van der Waals surface area contributed by atoms with E-state index in [1.54, 1.807) is 24.3 Å². The number of aromatic nitrogens is 1. The van der Waals surface area contributed by atoms with Gasteiger partial charge in [0.2, 0.25) is 10.0 Å². The molecule has 3 rings (SSSR count). The van der Waals surface area contributed by atoms with Gasteiger partial charge >= 0.3 is 6.01 Å². The van der Waals surface area contributed by atoms with Crippen LogP contribution in [-0.2, 0) is 16.4 Å². The molecule has 0 aliphatic heterocycles. The fraction of sp³-hybridized carbons (Fsp3) is 0.280. The van der Waals surface area contributed by atoms with Gasteiger partial charge in [-0.2, -0.15) is 10.2 Å². The molecule has 0 radical (unpaired) electrons. The summed E-state index contributed by atoms with van der Waals surface area (Å²) in [5.74, 6) is -3.50. The van der Waals surface area contributed by atoms with Crippen LogP contribution in [0.1, 0.15) is 32.8 Å². The van der Waals surface area contributed by atoms with Crippen LogP contribution < -0.4 is 15.4 Å². The van der Waals surface area contributed by atoms with Crippen LogP contribution in [0.4, 0.5) is 14.8 Å². The maximum atomic E-state index is 13.8. The standard InChI is InChI=1S/C25H25F2N5O7S/c1-40(37,38)32-25-31-20(13-39-25)24(36)30-19(11-14-9-16(26)12-17(27)10-14)22(34)21(33)18(7-8-28)29-23(35)15-5-3-2-4-6-15/h2-6,9-10,12-13,18-19,21-22,33-34H,7,11H2,1H3,(H,29,35)(H,30,36)(H,31,32). The van der Waals surface area contributed by atoms with Gasteiger partial charge in [0.05, 0.1) is 30.8 Å². The Labute approximate surface area is 227 Å². The van der Waals surface area contributed by atoms with E-state index in [9.17, 15) is 42.3 Å². The second-order valence-corrected chi connectivity index (χ2v) is 10.5. The van der Waals surface area contributed by atoms with Gasteiger partial charge in [-0.1, -0.05) is 18.2 Å². The minimum absolute atomic E-state index is 0.00112. The number of carbonyl (C=O) groups is 2. The van der Waals surface area contributed by atoms with E-state index in [0.717, 1.165) is 24.7 Å². The average molecular weight is 578 g/mol. The fourth-order valence-electron chi connectivity index (χ4n) is 3.74. The van der Waals surface area contributed by atoms with E-state index in [1.807, 2.05) is 4.72 Å². The summed E-state index contributed by atoms with van der Waals surface area (Å²) in [6.45, 7) is 0. The number of aliphatic hydroxyl groups excluding tert-OH is 2. The highest BCUT2D eigenvalue weighted by Gasteiger charge is 2.35. The molecule has 1 aromatic heterocycles. The summed E-state index contributed by atoms with van der Waals surface area (Å²) in [5.41, 5.74) is -0.204. The summed E-state index contributed by atoms with van der Waals surface area (Å²) in [6.07, 6.45) is -2.91. The number of sulfonamides is 1. The molecule has 0 saturated heterocycles. The zero-order valence-corrected chi connectivity index (χ0v) is 21.7. The minimum atomic E-state index is -3.77. The first-order valence-electron chi connectivity index (χ1n) is 11.6. The lowest BCUT2D eigenvalue weighted by molar-refractivity contribution is -0.0212. The highest BCUT2D eigenvalue weighted by Crippen LogP contribution is 2.17. The molecular formula is C25H25F2N5O7S. The number of nitrogens with zero attached hydrogens (tertiary/aromatic N) is 2. The number of amides is 2. The Morgan fingerprint density at radius 1 is 1.02 bits per heavy atom. The van der Waals surface area contributed by atoms with Crippen LogP contribution in [0.15, 0.2) is 59.2 Å². The van der Waals surface area contributed by atoms with Crippen LogP contribution in [0.3, 0.4) is 0 Å². The molecular weight excluding hydrogens is 552 g/mol. The Morgan fingerprint density at radius 3 is 2.23 bits per heavy atom. The Morgan fingerprint density at radius 2 is 1.62 bits per heavy atom. The number of anilines is 1. The maximum Gasteiger partial charge on any atom is 0.309 e. The molecule has 15 heteroatoms. The summed E-state index contributed by atoms with van der Waals surface area (Å²) in [6, 6.07) is 8.93. The predicted molar refractivity (Wildman–Crippen MR) is 136 cm³/mol. The molecule has 4 atom stereocenters. The lowest BCUT2D eigenvalue weighted by Gasteiger charge is -2.32. The topological polar surface area (TPSA) is 195 Å². The predicted octanol–water partition coefficient (Wildman–Crippen LogP) is 1.10. The molecule has 40 heavy (non-hydrogen) atoms. The third kappa shape index (κ3) is 8.56. The third-order valence-electron chi connectivity index (χ3n) is 5.54. The van der Waals surface area contributed by atoms with Crippen LogP contribution in [-0.4, -0.2) is 66.0 Å². The van der Waals surface area contributed by atoms with E-state index in [2.05, 4.69) is 15.6 Å². The van der Waals surface area contributed by atoms with Crippen molar-refractivity contribution in [2.45, 2.75) is 37.1 Å². The summed E-state index contributed by atoms with van der Waals surface area (Å²) in [4.78, 5) is 29.2. The number of nitriles is 1. The number of nitrogens with one attached hydrogen (secondary N) is 3. The molecule has 0 aliphatic rings. The molecule has 12 nitrogen and oxygen atoms in total. The molecule has 0 aliphatic carbocycles. The molecule has 0 spiro atoms. The monoisotopic (exact) mass is 577 g/mol. The van der Waals surface area contributed by atoms with Crippen LogP contribution >= 0.6 is 0 Å².